The molecule has 1 heterocycles. The van der Waals surface area contributed by atoms with Gasteiger partial charge in [0.2, 0.25) is 5.91 Å². The third kappa shape index (κ3) is 4.63. The highest BCUT2D eigenvalue weighted by Gasteiger charge is 2.25. The molecule has 1 aromatic heterocycles. The number of hydrogen-bond donors (Lipinski definition) is 2. The number of carbonyl (C=O) groups excluding carboxylic acids is 1. The molecule has 0 unspecified atom stereocenters. The van der Waals surface area contributed by atoms with E-state index in [2.05, 4.69) is 10.3 Å². The summed E-state index contributed by atoms with van der Waals surface area (Å²) in [6.07, 6.45) is 1.68. The summed E-state index contributed by atoms with van der Waals surface area (Å²) < 4.78 is 0. The summed E-state index contributed by atoms with van der Waals surface area (Å²) in [6, 6.07) is -0.830. The Hall–Kier alpha value is -1.43. The van der Waals surface area contributed by atoms with Crippen LogP contribution in [0, 0.1) is 5.92 Å². The zero-order valence-electron chi connectivity index (χ0n) is 11.5. The van der Waals surface area contributed by atoms with Gasteiger partial charge in [-0.05, 0) is 12.3 Å². The fraction of sp³-hybridized carbons (Fsp3) is 0.615. The lowest BCUT2D eigenvalue weighted by Crippen LogP contribution is -2.45. The SMILES string of the molecule is CCc1csc(CC(=O)N[C@H](C(=O)O)[C@@H](C)CC)n1. The fourth-order valence-electron chi connectivity index (χ4n) is 1.64. The van der Waals surface area contributed by atoms with Crippen molar-refractivity contribution in [1.82, 2.24) is 10.3 Å². The van der Waals surface area contributed by atoms with Gasteiger partial charge in [-0.25, -0.2) is 9.78 Å². The van der Waals surface area contributed by atoms with E-state index < -0.39 is 12.0 Å². The van der Waals surface area contributed by atoms with Crippen LogP contribution < -0.4 is 5.32 Å². The Bertz CT molecular complexity index is 445. The van der Waals surface area contributed by atoms with Crippen LogP contribution in [0.1, 0.15) is 37.9 Å². The molecule has 2 atom stereocenters. The highest BCUT2D eigenvalue weighted by molar-refractivity contribution is 7.09. The number of aromatic nitrogens is 1. The fourth-order valence-corrected chi connectivity index (χ4v) is 2.51. The standard InChI is InChI=1S/C13H20N2O3S/c1-4-8(3)12(13(17)18)15-10(16)6-11-14-9(5-2)7-19-11/h7-8,12H,4-6H2,1-3H3,(H,15,16)(H,17,18)/t8-,12-/m0/s1. The van der Waals surface area contributed by atoms with E-state index >= 15 is 0 Å². The molecule has 0 saturated heterocycles. The Morgan fingerprint density at radius 2 is 2.16 bits per heavy atom. The lowest BCUT2D eigenvalue weighted by atomic mass is 9.99. The van der Waals surface area contributed by atoms with Crippen LogP contribution in [0.4, 0.5) is 0 Å². The molecule has 1 rings (SSSR count). The van der Waals surface area contributed by atoms with Crippen LogP contribution in [0.25, 0.3) is 0 Å². The molecule has 0 saturated carbocycles. The van der Waals surface area contributed by atoms with Crippen LogP contribution in [-0.2, 0) is 22.4 Å². The summed E-state index contributed by atoms with van der Waals surface area (Å²) in [4.78, 5) is 27.2. The monoisotopic (exact) mass is 284 g/mol. The topological polar surface area (TPSA) is 79.3 Å². The molecule has 0 aliphatic carbocycles. The molecule has 2 N–H and O–H groups in total. The third-order valence-electron chi connectivity index (χ3n) is 3.07. The number of carboxylic acid groups (broad SMARTS) is 1. The van der Waals surface area contributed by atoms with E-state index in [4.69, 9.17) is 5.11 Å². The number of aliphatic carboxylic acids is 1. The summed E-state index contributed by atoms with van der Waals surface area (Å²) in [5.74, 6) is -1.37. The Morgan fingerprint density at radius 3 is 2.63 bits per heavy atom. The van der Waals surface area contributed by atoms with Crippen LogP contribution in [0.3, 0.4) is 0 Å². The number of hydrogen-bond acceptors (Lipinski definition) is 4. The first-order chi connectivity index (χ1) is 8.97. The Labute approximate surface area is 117 Å². The van der Waals surface area contributed by atoms with Crippen molar-refractivity contribution in [2.24, 2.45) is 5.92 Å². The molecule has 0 aliphatic rings. The number of carbonyl (C=O) groups is 2. The van der Waals surface area contributed by atoms with Crippen molar-refractivity contribution in [2.75, 3.05) is 0 Å². The quantitative estimate of drug-likeness (QED) is 0.801. The predicted molar refractivity (Wildman–Crippen MR) is 74.2 cm³/mol. The Kier molecular flexibility index (Phi) is 5.95. The van der Waals surface area contributed by atoms with Crippen molar-refractivity contribution < 1.29 is 14.7 Å². The number of rotatable bonds is 7. The first-order valence-corrected chi connectivity index (χ1v) is 7.31. The second kappa shape index (κ2) is 7.23. The maximum absolute atomic E-state index is 11.8. The Morgan fingerprint density at radius 1 is 1.47 bits per heavy atom. The molecule has 0 aliphatic heterocycles. The van der Waals surface area contributed by atoms with Gasteiger partial charge in [0.1, 0.15) is 11.0 Å². The van der Waals surface area contributed by atoms with E-state index in [0.29, 0.717) is 6.42 Å². The van der Waals surface area contributed by atoms with Crippen molar-refractivity contribution in [1.29, 1.82) is 0 Å². The first kappa shape index (κ1) is 15.6. The molecule has 1 amide bonds. The number of nitrogens with zero attached hydrogens (tertiary/aromatic N) is 1. The van der Waals surface area contributed by atoms with E-state index in [-0.39, 0.29) is 18.2 Å². The Balaban J connectivity index is 2.60. The summed E-state index contributed by atoms with van der Waals surface area (Å²) in [5.41, 5.74) is 0.963. The molecular weight excluding hydrogens is 264 g/mol. The van der Waals surface area contributed by atoms with Crippen LogP contribution in [0.5, 0.6) is 0 Å². The van der Waals surface area contributed by atoms with Gasteiger partial charge in [-0.15, -0.1) is 11.3 Å². The van der Waals surface area contributed by atoms with Crippen LogP contribution >= 0.6 is 11.3 Å². The van der Waals surface area contributed by atoms with Gasteiger partial charge in [-0.2, -0.15) is 0 Å². The molecule has 0 spiro atoms. The summed E-state index contributed by atoms with van der Waals surface area (Å²) in [5, 5.41) is 14.3. The predicted octanol–water partition coefficient (Wildman–Crippen LogP) is 1.86. The second-order valence-corrected chi connectivity index (χ2v) is 5.47. The van der Waals surface area contributed by atoms with Gasteiger partial charge >= 0.3 is 5.97 Å². The average molecular weight is 284 g/mol. The van der Waals surface area contributed by atoms with E-state index in [9.17, 15) is 9.59 Å². The van der Waals surface area contributed by atoms with Crippen molar-refractivity contribution in [3.8, 4) is 0 Å². The van der Waals surface area contributed by atoms with Gasteiger partial charge in [0.05, 0.1) is 12.1 Å². The van der Waals surface area contributed by atoms with Crippen molar-refractivity contribution in [3.05, 3.63) is 16.1 Å². The third-order valence-corrected chi connectivity index (χ3v) is 3.97. The normalized spacial score (nSPS) is 13.8. The lowest BCUT2D eigenvalue weighted by molar-refractivity contribution is -0.143. The van der Waals surface area contributed by atoms with Crippen molar-refractivity contribution >= 4 is 23.2 Å². The molecule has 0 radical (unpaired) electrons. The largest absolute Gasteiger partial charge is 0.480 e. The van der Waals surface area contributed by atoms with E-state index in [1.165, 1.54) is 11.3 Å². The summed E-state index contributed by atoms with van der Waals surface area (Å²) in [6.45, 7) is 5.72. The van der Waals surface area contributed by atoms with Crippen LogP contribution in [0.2, 0.25) is 0 Å². The van der Waals surface area contributed by atoms with E-state index in [0.717, 1.165) is 17.1 Å². The van der Waals surface area contributed by atoms with Gasteiger partial charge in [-0.1, -0.05) is 27.2 Å². The van der Waals surface area contributed by atoms with Gasteiger partial charge in [-0.3, -0.25) is 4.79 Å². The first-order valence-electron chi connectivity index (χ1n) is 6.43. The van der Waals surface area contributed by atoms with Crippen molar-refractivity contribution in [3.63, 3.8) is 0 Å². The highest BCUT2D eigenvalue weighted by atomic mass is 32.1. The number of amides is 1. The number of aryl methyl sites for hydroxylation is 1. The van der Waals surface area contributed by atoms with Gasteiger partial charge < -0.3 is 10.4 Å². The molecular formula is C13H20N2O3S. The maximum Gasteiger partial charge on any atom is 0.326 e. The number of thiazole rings is 1. The molecule has 1 aromatic rings. The minimum atomic E-state index is -0.990. The number of carboxylic acids is 1. The van der Waals surface area contributed by atoms with E-state index in [1.807, 2.05) is 26.2 Å². The molecule has 19 heavy (non-hydrogen) atoms. The zero-order valence-corrected chi connectivity index (χ0v) is 12.3. The van der Waals surface area contributed by atoms with Crippen LogP contribution in [0.15, 0.2) is 5.38 Å². The minimum Gasteiger partial charge on any atom is -0.480 e. The minimum absolute atomic E-state index is 0.0936. The molecule has 0 bridgehead atoms. The number of nitrogens with one attached hydrogen (secondary N) is 1. The molecule has 6 heteroatoms. The highest BCUT2D eigenvalue weighted by Crippen LogP contribution is 2.12. The average Bonchev–Trinajstić information content (AvgIpc) is 2.82. The van der Waals surface area contributed by atoms with Gasteiger partial charge in [0.15, 0.2) is 0 Å². The molecule has 106 valence electrons. The van der Waals surface area contributed by atoms with Gasteiger partial charge in [0, 0.05) is 5.38 Å². The van der Waals surface area contributed by atoms with Crippen molar-refractivity contribution in [2.45, 2.75) is 46.1 Å². The molecule has 5 nitrogen and oxygen atoms in total. The molecule has 0 aromatic carbocycles. The lowest BCUT2D eigenvalue weighted by Gasteiger charge is -2.19. The maximum atomic E-state index is 11.8. The van der Waals surface area contributed by atoms with Gasteiger partial charge in [0.25, 0.3) is 0 Å². The summed E-state index contributed by atoms with van der Waals surface area (Å²) >= 11 is 1.43. The zero-order chi connectivity index (χ0) is 14.4. The molecule has 0 fully saturated rings. The second-order valence-electron chi connectivity index (χ2n) is 4.53. The van der Waals surface area contributed by atoms with Crippen LogP contribution in [-0.4, -0.2) is 28.0 Å². The smallest absolute Gasteiger partial charge is 0.326 e. The van der Waals surface area contributed by atoms with E-state index in [1.54, 1.807) is 0 Å². The summed E-state index contributed by atoms with van der Waals surface area (Å²) in [7, 11) is 0.